The highest BCUT2D eigenvalue weighted by atomic mass is 32.2. The maximum Gasteiger partial charge on any atom is 0.261 e. The first-order valence-corrected chi connectivity index (χ1v) is 10.7. The van der Waals surface area contributed by atoms with Crippen LogP contribution in [0.3, 0.4) is 0 Å². The summed E-state index contributed by atoms with van der Waals surface area (Å²) in [5.41, 5.74) is 2.01. The van der Waals surface area contributed by atoms with E-state index in [1.165, 1.54) is 22.8 Å². The normalized spacial score (nSPS) is 15.2. The summed E-state index contributed by atoms with van der Waals surface area (Å²) in [7, 11) is 1.93. The van der Waals surface area contributed by atoms with E-state index in [4.69, 9.17) is 0 Å². The van der Waals surface area contributed by atoms with Crippen LogP contribution >= 0.6 is 34.9 Å². The molecule has 1 amide bonds. The van der Waals surface area contributed by atoms with Gasteiger partial charge in [-0.15, -0.1) is 34.9 Å². The van der Waals surface area contributed by atoms with Crippen LogP contribution in [0.15, 0.2) is 36.4 Å². The van der Waals surface area contributed by atoms with Crippen molar-refractivity contribution >= 4 is 51.0 Å². The molecule has 1 N–H and O–H groups in total. The lowest BCUT2D eigenvalue weighted by molar-refractivity contribution is 0.0959. The van der Waals surface area contributed by atoms with Crippen LogP contribution in [0, 0.1) is 0 Å². The number of fused-ring (bicyclic) bond motifs is 1. The SMILES string of the molecule is Cn1nc(-c2ccccc2)c2cc(C(=O)NCC3SCCS3)sc21. The number of hydrogen-bond donors (Lipinski definition) is 1. The number of carbonyl (C=O) groups excluding carboxylic acids is 1. The minimum Gasteiger partial charge on any atom is -0.349 e. The quantitative estimate of drug-likeness (QED) is 0.753. The van der Waals surface area contributed by atoms with Gasteiger partial charge in [-0.05, 0) is 6.07 Å². The van der Waals surface area contributed by atoms with Crippen LogP contribution in [-0.4, -0.2) is 38.3 Å². The molecule has 0 atom stereocenters. The highest BCUT2D eigenvalue weighted by molar-refractivity contribution is 8.20. The Kier molecular flexibility index (Phi) is 4.56. The van der Waals surface area contributed by atoms with E-state index in [2.05, 4.69) is 10.4 Å². The fraction of sp³-hybridized carbons (Fsp3) is 0.294. The molecule has 0 radical (unpaired) electrons. The summed E-state index contributed by atoms with van der Waals surface area (Å²) in [5, 5.41) is 8.73. The van der Waals surface area contributed by atoms with Crippen LogP contribution in [0.25, 0.3) is 21.5 Å². The van der Waals surface area contributed by atoms with Crippen molar-refractivity contribution in [3.8, 4) is 11.3 Å². The number of nitrogens with one attached hydrogen (secondary N) is 1. The van der Waals surface area contributed by atoms with Crippen molar-refractivity contribution in [2.24, 2.45) is 7.05 Å². The minimum atomic E-state index is 0.0170. The maximum absolute atomic E-state index is 12.5. The van der Waals surface area contributed by atoms with Crippen molar-refractivity contribution in [2.75, 3.05) is 18.1 Å². The second kappa shape index (κ2) is 6.82. The molecule has 4 nitrogen and oxygen atoms in total. The Hall–Kier alpha value is -1.44. The van der Waals surface area contributed by atoms with E-state index >= 15 is 0 Å². The van der Waals surface area contributed by atoms with Gasteiger partial charge in [-0.1, -0.05) is 30.3 Å². The standard InChI is InChI=1S/C17H17N3OS3/c1-20-17-12(15(19-20)11-5-3-2-4-6-11)9-13(24-17)16(21)18-10-14-22-7-8-23-14/h2-6,9,14H,7-8,10H2,1H3,(H,18,21). The number of hydrogen-bond acceptors (Lipinski definition) is 5. The summed E-state index contributed by atoms with van der Waals surface area (Å²) in [5.74, 6) is 2.38. The van der Waals surface area contributed by atoms with Gasteiger partial charge in [0.05, 0.1) is 9.46 Å². The average Bonchev–Trinajstić information content (AvgIpc) is 3.32. The Morgan fingerprint density at radius 1 is 1.29 bits per heavy atom. The molecule has 0 spiro atoms. The first-order chi connectivity index (χ1) is 11.7. The van der Waals surface area contributed by atoms with E-state index in [1.54, 1.807) is 0 Å². The van der Waals surface area contributed by atoms with E-state index < -0.39 is 0 Å². The molecule has 4 rings (SSSR count). The van der Waals surface area contributed by atoms with Crippen molar-refractivity contribution in [1.82, 2.24) is 15.1 Å². The molecule has 0 aliphatic carbocycles. The van der Waals surface area contributed by atoms with E-state index in [0.29, 0.717) is 4.58 Å². The van der Waals surface area contributed by atoms with Crippen LogP contribution in [0.2, 0.25) is 0 Å². The first-order valence-electron chi connectivity index (χ1n) is 7.76. The van der Waals surface area contributed by atoms with E-state index in [1.807, 2.05) is 71.7 Å². The third kappa shape index (κ3) is 3.08. The predicted octanol–water partition coefficient (Wildman–Crippen LogP) is 3.84. The number of nitrogens with zero attached hydrogens (tertiary/aromatic N) is 2. The molecule has 24 heavy (non-hydrogen) atoms. The zero-order chi connectivity index (χ0) is 16.5. The Balaban J connectivity index is 1.60. The summed E-state index contributed by atoms with van der Waals surface area (Å²) in [6.45, 7) is 0.728. The molecule has 2 aromatic heterocycles. The van der Waals surface area contributed by atoms with Crippen molar-refractivity contribution in [3.63, 3.8) is 0 Å². The molecule has 3 aromatic rings. The van der Waals surface area contributed by atoms with Gasteiger partial charge >= 0.3 is 0 Å². The summed E-state index contributed by atoms with van der Waals surface area (Å²) >= 11 is 5.36. The van der Waals surface area contributed by atoms with Crippen molar-refractivity contribution in [1.29, 1.82) is 0 Å². The predicted molar refractivity (Wildman–Crippen MR) is 105 cm³/mol. The van der Waals surface area contributed by atoms with Gasteiger partial charge in [0.2, 0.25) is 0 Å². The van der Waals surface area contributed by atoms with E-state index in [9.17, 15) is 4.79 Å². The summed E-state index contributed by atoms with van der Waals surface area (Å²) in [6.07, 6.45) is 0. The Morgan fingerprint density at radius 3 is 2.79 bits per heavy atom. The zero-order valence-electron chi connectivity index (χ0n) is 13.2. The molecule has 0 saturated carbocycles. The number of amides is 1. The Labute approximate surface area is 153 Å². The topological polar surface area (TPSA) is 46.9 Å². The molecule has 3 heterocycles. The highest BCUT2D eigenvalue weighted by Crippen LogP contribution is 2.34. The monoisotopic (exact) mass is 375 g/mol. The molecule has 1 aliphatic heterocycles. The molecule has 0 bridgehead atoms. The highest BCUT2D eigenvalue weighted by Gasteiger charge is 2.20. The molecular formula is C17H17N3OS3. The summed E-state index contributed by atoms with van der Waals surface area (Å²) in [4.78, 5) is 14.3. The van der Waals surface area contributed by atoms with Gasteiger partial charge in [-0.25, -0.2) is 0 Å². The van der Waals surface area contributed by atoms with Gasteiger partial charge in [0.25, 0.3) is 5.91 Å². The van der Waals surface area contributed by atoms with Crippen LogP contribution in [0.5, 0.6) is 0 Å². The van der Waals surface area contributed by atoms with Crippen LogP contribution in [0.1, 0.15) is 9.67 Å². The van der Waals surface area contributed by atoms with Gasteiger partial charge in [-0.2, -0.15) is 5.10 Å². The first kappa shape index (κ1) is 16.1. The lowest BCUT2D eigenvalue weighted by atomic mass is 10.1. The number of aromatic nitrogens is 2. The van der Waals surface area contributed by atoms with Crippen LogP contribution in [0.4, 0.5) is 0 Å². The van der Waals surface area contributed by atoms with Gasteiger partial charge in [0, 0.05) is 36.0 Å². The molecule has 124 valence electrons. The van der Waals surface area contributed by atoms with Gasteiger partial charge in [0.1, 0.15) is 10.5 Å². The number of aryl methyl sites for hydroxylation is 1. The number of thioether (sulfide) groups is 2. The van der Waals surface area contributed by atoms with Gasteiger partial charge in [0.15, 0.2) is 0 Å². The number of rotatable bonds is 4. The Morgan fingerprint density at radius 2 is 2.04 bits per heavy atom. The fourth-order valence-electron chi connectivity index (χ4n) is 2.75. The molecule has 1 fully saturated rings. The smallest absolute Gasteiger partial charge is 0.261 e. The zero-order valence-corrected chi connectivity index (χ0v) is 15.6. The number of benzene rings is 1. The van der Waals surface area contributed by atoms with Gasteiger partial charge in [-0.3, -0.25) is 9.48 Å². The molecule has 1 aromatic carbocycles. The van der Waals surface area contributed by atoms with Crippen LogP contribution < -0.4 is 5.32 Å². The van der Waals surface area contributed by atoms with E-state index in [-0.39, 0.29) is 5.91 Å². The second-order valence-electron chi connectivity index (χ2n) is 5.55. The fourth-order valence-corrected chi connectivity index (χ4v) is 6.40. The van der Waals surface area contributed by atoms with Crippen molar-refractivity contribution < 1.29 is 4.79 Å². The van der Waals surface area contributed by atoms with Gasteiger partial charge < -0.3 is 5.32 Å². The summed E-state index contributed by atoms with van der Waals surface area (Å²) < 4.78 is 2.35. The number of carbonyl (C=O) groups is 1. The molecule has 0 unspecified atom stereocenters. The lowest BCUT2D eigenvalue weighted by Crippen LogP contribution is -2.28. The largest absolute Gasteiger partial charge is 0.349 e. The van der Waals surface area contributed by atoms with E-state index in [0.717, 1.165) is 32.9 Å². The van der Waals surface area contributed by atoms with Crippen molar-refractivity contribution in [2.45, 2.75) is 4.58 Å². The Bertz CT molecular complexity index is 866. The lowest BCUT2D eigenvalue weighted by Gasteiger charge is -2.08. The molecule has 7 heteroatoms. The second-order valence-corrected chi connectivity index (χ2v) is 9.50. The number of thiophene rings is 1. The minimum absolute atomic E-state index is 0.0170. The average molecular weight is 376 g/mol. The van der Waals surface area contributed by atoms with Crippen LogP contribution in [-0.2, 0) is 7.05 Å². The summed E-state index contributed by atoms with van der Waals surface area (Å²) in [6, 6.07) is 12.1. The molecule has 1 aliphatic rings. The third-order valence-corrected chi connectivity index (χ3v) is 8.13. The maximum atomic E-state index is 12.5. The molecular weight excluding hydrogens is 358 g/mol. The van der Waals surface area contributed by atoms with Crippen molar-refractivity contribution in [3.05, 3.63) is 41.3 Å². The third-order valence-electron chi connectivity index (χ3n) is 3.90. The molecule has 1 saturated heterocycles.